The van der Waals surface area contributed by atoms with Crippen LogP contribution in [0, 0.1) is 0 Å². The van der Waals surface area contributed by atoms with Crippen LogP contribution in [0.15, 0.2) is 43.0 Å². The van der Waals surface area contributed by atoms with E-state index in [1.54, 1.807) is 24.8 Å². The molecule has 0 N–H and O–H groups in total. The molecule has 0 radical (unpaired) electrons. The Morgan fingerprint density at radius 2 is 2.00 bits per heavy atom. The van der Waals surface area contributed by atoms with E-state index >= 15 is 0 Å². The van der Waals surface area contributed by atoms with Gasteiger partial charge in [0, 0.05) is 42.5 Å². The molecule has 0 fully saturated rings. The van der Waals surface area contributed by atoms with Crippen LogP contribution in [0.5, 0.6) is 0 Å². The predicted molar refractivity (Wildman–Crippen MR) is 85.9 cm³/mol. The lowest BCUT2D eigenvalue weighted by atomic mass is 10.2. The predicted octanol–water partition coefficient (Wildman–Crippen LogP) is 3.16. The monoisotopic (exact) mass is 309 g/mol. The van der Waals surface area contributed by atoms with Gasteiger partial charge in [-0.05, 0) is 18.2 Å². The molecule has 6 heteroatoms. The molecule has 0 aliphatic heterocycles. The zero-order chi connectivity index (χ0) is 15.1. The van der Waals surface area contributed by atoms with Gasteiger partial charge < -0.3 is 4.57 Å². The number of benzene rings is 1. The molecular formula is C16H12ClN5. The minimum atomic E-state index is 0.626. The zero-order valence-electron chi connectivity index (χ0n) is 11.9. The number of nitrogens with zero attached hydrogens (tertiary/aromatic N) is 5. The molecule has 4 aromatic rings. The van der Waals surface area contributed by atoms with Crippen molar-refractivity contribution in [3.63, 3.8) is 0 Å². The smallest absolute Gasteiger partial charge is 0.115 e. The second-order valence-corrected chi connectivity index (χ2v) is 5.55. The maximum atomic E-state index is 6.13. The summed E-state index contributed by atoms with van der Waals surface area (Å²) in [4.78, 5) is 17.5. The Balaban J connectivity index is 1.93. The number of hydrogen-bond donors (Lipinski definition) is 0. The fourth-order valence-electron chi connectivity index (χ4n) is 2.66. The van der Waals surface area contributed by atoms with Crippen LogP contribution in [0.2, 0.25) is 5.02 Å². The maximum Gasteiger partial charge on any atom is 0.115 e. The van der Waals surface area contributed by atoms with E-state index in [0.29, 0.717) is 11.4 Å². The summed E-state index contributed by atoms with van der Waals surface area (Å²) in [6.07, 6.45) is 7.53. The molecule has 5 nitrogen and oxygen atoms in total. The van der Waals surface area contributed by atoms with Crippen LogP contribution >= 0.6 is 11.6 Å². The SMILES string of the molecule is Cn1c(Cc2cnccn2)nc2cnc3ccc(Cl)cc3c21. The van der Waals surface area contributed by atoms with Crippen molar-refractivity contribution in [1.29, 1.82) is 0 Å². The number of aryl methyl sites for hydroxylation is 1. The van der Waals surface area contributed by atoms with Crippen molar-refractivity contribution in [2.24, 2.45) is 7.05 Å². The van der Waals surface area contributed by atoms with Gasteiger partial charge in [0.25, 0.3) is 0 Å². The van der Waals surface area contributed by atoms with E-state index in [4.69, 9.17) is 11.6 Å². The summed E-state index contributed by atoms with van der Waals surface area (Å²) in [5.41, 5.74) is 3.68. The maximum absolute atomic E-state index is 6.13. The number of fused-ring (bicyclic) bond motifs is 3. The van der Waals surface area contributed by atoms with Gasteiger partial charge >= 0.3 is 0 Å². The van der Waals surface area contributed by atoms with Gasteiger partial charge in [-0.15, -0.1) is 0 Å². The highest BCUT2D eigenvalue weighted by Gasteiger charge is 2.13. The fraction of sp³-hybridized carbons (Fsp3) is 0.125. The largest absolute Gasteiger partial charge is 0.330 e. The third-order valence-corrected chi connectivity index (χ3v) is 3.95. The van der Waals surface area contributed by atoms with E-state index in [0.717, 1.165) is 33.5 Å². The van der Waals surface area contributed by atoms with Crippen LogP contribution in [0.25, 0.3) is 21.9 Å². The van der Waals surface area contributed by atoms with E-state index in [1.165, 1.54) is 0 Å². The van der Waals surface area contributed by atoms with E-state index in [1.807, 2.05) is 25.2 Å². The van der Waals surface area contributed by atoms with Crippen LogP contribution in [0.4, 0.5) is 0 Å². The number of pyridine rings is 1. The van der Waals surface area contributed by atoms with E-state index in [2.05, 4.69) is 24.5 Å². The highest BCUT2D eigenvalue weighted by molar-refractivity contribution is 6.31. The number of hydrogen-bond acceptors (Lipinski definition) is 4. The van der Waals surface area contributed by atoms with Gasteiger partial charge in [-0.25, -0.2) is 4.98 Å². The first-order valence-corrected chi connectivity index (χ1v) is 7.24. The molecule has 4 rings (SSSR count). The Hall–Kier alpha value is -2.53. The van der Waals surface area contributed by atoms with E-state index in [9.17, 15) is 0 Å². The third kappa shape index (κ3) is 2.10. The quantitative estimate of drug-likeness (QED) is 0.571. The van der Waals surface area contributed by atoms with Crippen LogP contribution in [-0.2, 0) is 13.5 Å². The Morgan fingerprint density at radius 3 is 2.82 bits per heavy atom. The summed E-state index contributed by atoms with van der Waals surface area (Å²) in [5, 5.41) is 1.70. The summed E-state index contributed by atoms with van der Waals surface area (Å²) >= 11 is 6.13. The molecule has 0 saturated heterocycles. The van der Waals surface area contributed by atoms with Crippen LogP contribution in [0.1, 0.15) is 11.5 Å². The first-order valence-electron chi connectivity index (χ1n) is 6.87. The lowest BCUT2D eigenvalue weighted by molar-refractivity contribution is 0.830. The Labute approximate surface area is 131 Å². The van der Waals surface area contributed by atoms with Gasteiger partial charge in [-0.3, -0.25) is 15.0 Å². The minimum absolute atomic E-state index is 0.626. The van der Waals surface area contributed by atoms with Crippen molar-refractivity contribution in [1.82, 2.24) is 24.5 Å². The second kappa shape index (κ2) is 5.03. The fourth-order valence-corrected chi connectivity index (χ4v) is 2.83. The van der Waals surface area contributed by atoms with E-state index < -0.39 is 0 Å². The highest BCUT2D eigenvalue weighted by atomic mass is 35.5. The first kappa shape index (κ1) is 13.2. The van der Waals surface area contributed by atoms with Gasteiger partial charge in [0.1, 0.15) is 11.3 Å². The molecule has 0 bridgehead atoms. The molecule has 22 heavy (non-hydrogen) atoms. The Kier molecular flexibility index (Phi) is 3.01. The lowest BCUT2D eigenvalue weighted by Crippen LogP contribution is -2.01. The molecule has 0 aliphatic rings. The van der Waals surface area contributed by atoms with E-state index in [-0.39, 0.29) is 0 Å². The summed E-state index contributed by atoms with van der Waals surface area (Å²) in [7, 11) is 2.00. The normalized spacial score (nSPS) is 11.4. The molecule has 0 unspecified atom stereocenters. The van der Waals surface area contributed by atoms with Gasteiger partial charge in [0.05, 0.1) is 22.9 Å². The number of aromatic nitrogens is 5. The minimum Gasteiger partial charge on any atom is -0.330 e. The lowest BCUT2D eigenvalue weighted by Gasteiger charge is -2.04. The molecule has 0 atom stereocenters. The van der Waals surface area contributed by atoms with Crippen molar-refractivity contribution in [3.05, 3.63) is 59.5 Å². The van der Waals surface area contributed by atoms with Crippen LogP contribution < -0.4 is 0 Å². The van der Waals surface area contributed by atoms with Crippen molar-refractivity contribution in [2.75, 3.05) is 0 Å². The standard InChI is InChI=1S/C16H12ClN5/c1-22-15(7-11-8-18-4-5-19-11)21-14-9-20-13-3-2-10(17)6-12(13)16(14)22/h2-6,8-9H,7H2,1H3. The topological polar surface area (TPSA) is 56.5 Å². The molecule has 0 spiro atoms. The van der Waals surface area contributed by atoms with Gasteiger partial charge in [0.15, 0.2) is 0 Å². The van der Waals surface area contributed by atoms with Crippen molar-refractivity contribution in [3.8, 4) is 0 Å². The van der Waals surface area contributed by atoms with Crippen LogP contribution in [0.3, 0.4) is 0 Å². The van der Waals surface area contributed by atoms with Crippen molar-refractivity contribution in [2.45, 2.75) is 6.42 Å². The first-order chi connectivity index (χ1) is 10.7. The summed E-state index contributed by atoms with van der Waals surface area (Å²) < 4.78 is 2.07. The molecule has 3 heterocycles. The van der Waals surface area contributed by atoms with Crippen molar-refractivity contribution >= 4 is 33.5 Å². The molecule has 0 amide bonds. The van der Waals surface area contributed by atoms with Gasteiger partial charge in [-0.1, -0.05) is 11.6 Å². The van der Waals surface area contributed by atoms with Gasteiger partial charge in [-0.2, -0.15) is 0 Å². The summed E-state index contributed by atoms with van der Waals surface area (Å²) in [6, 6.07) is 5.70. The van der Waals surface area contributed by atoms with Crippen molar-refractivity contribution < 1.29 is 0 Å². The summed E-state index contributed by atoms with van der Waals surface area (Å²) in [5.74, 6) is 0.921. The zero-order valence-corrected chi connectivity index (χ0v) is 12.6. The molecule has 3 aromatic heterocycles. The molecule has 108 valence electrons. The molecule has 0 saturated carbocycles. The van der Waals surface area contributed by atoms with Gasteiger partial charge in [0.2, 0.25) is 0 Å². The molecular weight excluding hydrogens is 298 g/mol. The Bertz CT molecular complexity index is 978. The number of halogens is 1. The molecule has 0 aliphatic carbocycles. The number of imidazole rings is 1. The second-order valence-electron chi connectivity index (χ2n) is 5.11. The Morgan fingerprint density at radius 1 is 1.09 bits per heavy atom. The third-order valence-electron chi connectivity index (χ3n) is 3.71. The highest BCUT2D eigenvalue weighted by Crippen LogP contribution is 2.26. The average Bonchev–Trinajstić information content (AvgIpc) is 2.85. The van der Waals surface area contributed by atoms with Crippen LogP contribution in [-0.4, -0.2) is 24.5 Å². The molecule has 1 aromatic carbocycles. The summed E-state index contributed by atoms with van der Waals surface area (Å²) in [6.45, 7) is 0. The average molecular weight is 310 g/mol. The number of rotatable bonds is 2.